The van der Waals surface area contributed by atoms with Crippen LogP contribution in [0.5, 0.6) is 0 Å². The van der Waals surface area contributed by atoms with Gasteiger partial charge in [0, 0.05) is 6.61 Å². The van der Waals surface area contributed by atoms with Crippen LogP contribution in [0.25, 0.3) is 0 Å². The van der Waals surface area contributed by atoms with Crippen molar-refractivity contribution >= 4 is 0 Å². The highest BCUT2D eigenvalue weighted by Gasteiger charge is 2.26. The number of aliphatic hydroxyl groups excluding tert-OH is 1. The summed E-state index contributed by atoms with van der Waals surface area (Å²) in [5.41, 5.74) is 1.38. The molecule has 0 heterocycles. The molecule has 0 unspecified atom stereocenters. The van der Waals surface area contributed by atoms with Crippen molar-refractivity contribution in [2.75, 3.05) is 6.61 Å². The van der Waals surface area contributed by atoms with Crippen LogP contribution in [0.4, 0.5) is 0 Å². The van der Waals surface area contributed by atoms with Gasteiger partial charge in [-0.1, -0.05) is 19.1 Å². The van der Waals surface area contributed by atoms with Gasteiger partial charge in [-0.05, 0) is 38.5 Å². The van der Waals surface area contributed by atoms with Gasteiger partial charge in [-0.15, -0.1) is 0 Å². The summed E-state index contributed by atoms with van der Waals surface area (Å²) in [4.78, 5) is 0. The summed E-state index contributed by atoms with van der Waals surface area (Å²) in [6, 6.07) is 0. The van der Waals surface area contributed by atoms with Crippen LogP contribution >= 0.6 is 0 Å². The molecule has 0 radical (unpaired) electrons. The van der Waals surface area contributed by atoms with E-state index in [1.807, 2.05) is 0 Å². The molecule has 0 amide bonds. The van der Waals surface area contributed by atoms with E-state index in [4.69, 9.17) is 5.11 Å². The standard InChI is InChI=1S/C8H14.C2H6O/c1-6(2)8-5-4-7(8)3;1-2-3/h7-8H,1,4-5H2,2-3H3;3H,2H2,1H3/t7-,8-;/m1./s1. The minimum Gasteiger partial charge on any atom is -0.397 e. The van der Waals surface area contributed by atoms with Crippen LogP contribution in [0.1, 0.15) is 33.6 Å². The van der Waals surface area contributed by atoms with Crippen molar-refractivity contribution in [2.45, 2.75) is 33.6 Å². The van der Waals surface area contributed by atoms with Gasteiger partial charge in [0.05, 0.1) is 0 Å². The fourth-order valence-corrected chi connectivity index (χ4v) is 1.40. The van der Waals surface area contributed by atoms with E-state index in [-0.39, 0.29) is 6.61 Å². The van der Waals surface area contributed by atoms with Crippen molar-refractivity contribution in [3.63, 3.8) is 0 Å². The predicted molar refractivity (Wildman–Crippen MR) is 49.5 cm³/mol. The Morgan fingerprint density at radius 3 is 2.00 bits per heavy atom. The Labute approximate surface area is 70.1 Å². The Morgan fingerprint density at radius 1 is 1.55 bits per heavy atom. The summed E-state index contributed by atoms with van der Waals surface area (Å²) in [5.74, 6) is 1.78. The number of rotatable bonds is 1. The fraction of sp³-hybridized carbons (Fsp3) is 0.800. The molecule has 1 heteroatoms. The molecular formula is C10H20O. The average molecular weight is 156 g/mol. The molecule has 1 aliphatic rings. The zero-order chi connectivity index (χ0) is 8.85. The van der Waals surface area contributed by atoms with Crippen LogP contribution in [-0.2, 0) is 0 Å². The molecule has 1 fully saturated rings. The van der Waals surface area contributed by atoms with Crippen molar-refractivity contribution in [1.82, 2.24) is 0 Å². The summed E-state index contributed by atoms with van der Waals surface area (Å²) in [7, 11) is 0. The van der Waals surface area contributed by atoms with Gasteiger partial charge in [0.25, 0.3) is 0 Å². The number of aliphatic hydroxyl groups is 1. The first-order chi connectivity index (χ1) is 5.13. The van der Waals surface area contributed by atoms with Crippen molar-refractivity contribution in [3.8, 4) is 0 Å². The van der Waals surface area contributed by atoms with Crippen LogP contribution in [0.3, 0.4) is 0 Å². The van der Waals surface area contributed by atoms with E-state index in [9.17, 15) is 0 Å². The van der Waals surface area contributed by atoms with E-state index < -0.39 is 0 Å². The van der Waals surface area contributed by atoms with Gasteiger partial charge in [-0.3, -0.25) is 0 Å². The molecule has 1 saturated carbocycles. The van der Waals surface area contributed by atoms with Gasteiger partial charge in [0.2, 0.25) is 0 Å². The molecule has 0 aromatic heterocycles. The van der Waals surface area contributed by atoms with Crippen molar-refractivity contribution < 1.29 is 5.11 Å². The van der Waals surface area contributed by atoms with E-state index in [2.05, 4.69) is 20.4 Å². The third-order valence-corrected chi connectivity index (χ3v) is 2.25. The summed E-state index contributed by atoms with van der Waals surface area (Å²) in [5, 5.41) is 7.57. The summed E-state index contributed by atoms with van der Waals surface area (Å²) >= 11 is 0. The van der Waals surface area contributed by atoms with Crippen molar-refractivity contribution in [2.24, 2.45) is 11.8 Å². The highest BCUT2D eigenvalue weighted by atomic mass is 16.2. The van der Waals surface area contributed by atoms with E-state index in [0.29, 0.717) is 0 Å². The van der Waals surface area contributed by atoms with Gasteiger partial charge >= 0.3 is 0 Å². The normalized spacial score (nSPS) is 28.0. The SMILES string of the molecule is C=C(C)[C@H]1CC[C@H]1C.CCO. The lowest BCUT2D eigenvalue weighted by Crippen LogP contribution is -2.23. The number of allylic oxidation sites excluding steroid dienone is 1. The molecule has 0 saturated heterocycles. The maximum Gasteiger partial charge on any atom is 0.0402 e. The Bertz CT molecular complexity index is 118. The Hall–Kier alpha value is -0.300. The highest BCUT2D eigenvalue weighted by Crippen LogP contribution is 2.37. The van der Waals surface area contributed by atoms with Crippen molar-refractivity contribution in [3.05, 3.63) is 12.2 Å². The largest absolute Gasteiger partial charge is 0.397 e. The van der Waals surface area contributed by atoms with E-state index in [0.717, 1.165) is 11.8 Å². The van der Waals surface area contributed by atoms with Gasteiger partial charge in [-0.2, -0.15) is 0 Å². The van der Waals surface area contributed by atoms with Crippen LogP contribution in [-0.4, -0.2) is 11.7 Å². The van der Waals surface area contributed by atoms with Crippen LogP contribution in [0, 0.1) is 11.8 Å². The number of hydrogen-bond acceptors (Lipinski definition) is 1. The lowest BCUT2D eigenvalue weighted by Gasteiger charge is -2.34. The van der Waals surface area contributed by atoms with Crippen LogP contribution in [0.2, 0.25) is 0 Å². The second kappa shape index (κ2) is 5.36. The molecule has 1 rings (SSSR count). The van der Waals surface area contributed by atoms with E-state index >= 15 is 0 Å². The smallest absolute Gasteiger partial charge is 0.0402 e. The lowest BCUT2D eigenvalue weighted by atomic mass is 9.72. The quantitative estimate of drug-likeness (QED) is 0.579. The van der Waals surface area contributed by atoms with Crippen LogP contribution in [0.15, 0.2) is 12.2 Å². The van der Waals surface area contributed by atoms with Gasteiger partial charge in [0.1, 0.15) is 0 Å². The minimum absolute atomic E-state index is 0.250. The highest BCUT2D eigenvalue weighted by molar-refractivity contribution is 5.02. The Balaban J connectivity index is 0.000000292. The minimum atomic E-state index is 0.250. The first-order valence-corrected chi connectivity index (χ1v) is 4.39. The molecule has 2 atom stereocenters. The van der Waals surface area contributed by atoms with Crippen LogP contribution < -0.4 is 0 Å². The molecule has 0 spiro atoms. The molecule has 1 nitrogen and oxygen atoms in total. The maximum atomic E-state index is 7.57. The predicted octanol–water partition coefficient (Wildman–Crippen LogP) is 2.61. The molecule has 66 valence electrons. The monoisotopic (exact) mass is 156 g/mol. The van der Waals surface area contributed by atoms with Gasteiger partial charge in [0.15, 0.2) is 0 Å². The zero-order valence-electron chi connectivity index (χ0n) is 7.93. The topological polar surface area (TPSA) is 20.2 Å². The molecular weight excluding hydrogens is 136 g/mol. The molecule has 0 bridgehead atoms. The van der Waals surface area contributed by atoms with Gasteiger partial charge in [-0.25, -0.2) is 0 Å². The van der Waals surface area contributed by atoms with E-state index in [1.165, 1.54) is 18.4 Å². The Kier molecular flexibility index (Phi) is 5.22. The summed E-state index contributed by atoms with van der Waals surface area (Å²) in [6.45, 7) is 10.3. The molecule has 0 aromatic carbocycles. The Morgan fingerprint density at radius 2 is 2.00 bits per heavy atom. The molecule has 0 aliphatic heterocycles. The third-order valence-electron chi connectivity index (χ3n) is 2.25. The molecule has 1 N–H and O–H groups in total. The molecule has 1 aliphatic carbocycles. The summed E-state index contributed by atoms with van der Waals surface area (Å²) in [6.07, 6.45) is 2.80. The lowest BCUT2D eigenvalue weighted by molar-refractivity contribution is 0.238. The van der Waals surface area contributed by atoms with E-state index in [1.54, 1.807) is 6.92 Å². The second-order valence-corrected chi connectivity index (χ2v) is 3.32. The molecule has 11 heavy (non-hydrogen) atoms. The number of hydrogen-bond donors (Lipinski definition) is 1. The zero-order valence-corrected chi connectivity index (χ0v) is 7.93. The second-order valence-electron chi connectivity index (χ2n) is 3.32. The maximum absolute atomic E-state index is 7.57. The van der Waals surface area contributed by atoms with Gasteiger partial charge < -0.3 is 5.11 Å². The summed E-state index contributed by atoms with van der Waals surface area (Å²) < 4.78 is 0. The first-order valence-electron chi connectivity index (χ1n) is 4.39. The average Bonchev–Trinajstić information content (AvgIpc) is 1.85. The fourth-order valence-electron chi connectivity index (χ4n) is 1.40. The molecule has 0 aromatic rings. The first kappa shape index (κ1) is 10.7. The van der Waals surface area contributed by atoms with Crippen molar-refractivity contribution in [1.29, 1.82) is 0 Å². The third kappa shape index (κ3) is 3.57.